The zero-order chi connectivity index (χ0) is 20.8. The van der Waals surface area contributed by atoms with Gasteiger partial charge in [-0.2, -0.15) is 0 Å². The van der Waals surface area contributed by atoms with Crippen molar-refractivity contribution in [2.75, 3.05) is 0 Å². The number of aryl methyl sites for hydroxylation is 2. The third kappa shape index (κ3) is 2.98. The molecule has 148 valence electrons. The van der Waals surface area contributed by atoms with Crippen LogP contribution in [0.5, 0.6) is 0 Å². The number of furan rings is 1. The summed E-state index contributed by atoms with van der Waals surface area (Å²) in [5, 5.41) is 2.15. The molecule has 0 aliphatic rings. The lowest BCUT2D eigenvalue weighted by Gasteiger charge is -2.09. The second-order valence-corrected chi connectivity index (χ2v) is 8.26. The van der Waals surface area contributed by atoms with Gasteiger partial charge in [0.05, 0.1) is 11.3 Å². The lowest BCUT2D eigenvalue weighted by Crippen LogP contribution is -2.31. The van der Waals surface area contributed by atoms with Gasteiger partial charge in [0.1, 0.15) is 7.05 Å². The predicted octanol–water partition coefficient (Wildman–Crippen LogP) is 6.57. The molecule has 30 heavy (non-hydrogen) atoms. The summed E-state index contributed by atoms with van der Waals surface area (Å²) >= 11 is 0. The Bertz CT molecular complexity index is 1380. The number of hydrogen-bond donors (Lipinski definition) is 0. The summed E-state index contributed by atoms with van der Waals surface area (Å²) in [5.41, 5.74) is 8.41. The van der Waals surface area contributed by atoms with Crippen LogP contribution in [-0.2, 0) is 7.05 Å². The zero-order valence-corrected chi connectivity index (χ0v) is 17.8. The topological polar surface area (TPSA) is 29.9 Å². The third-order valence-electron chi connectivity index (χ3n) is 5.88. The van der Waals surface area contributed by atoms with Crippen molar-refractivity contribution in [3.8, 4) is 22.5 Å². The first-order valence-corrected chi connectivity index (χ1v) is 10.4. The molecule has 0 amide bonds. The van der Waals surface area contributed by atoms with Gasteiger partial charge in [0, 0.05) is 28.5 Å². The molecular weight excluding hydrogens is 368 g/mol. The van der Waals surface area contributed by atoms with E-state index in [-0.39, 0.29) is 0 Å². The molecule has 3 nitrogen and oxygen atoms in total. The van der Waals surface area contributed by atoms with Crippen molar-refractivity contribution in [1.29, 1.82) is 0 Å². The van der Waals surface area contributed by atoms with Crippen LogP contribution >= 0.6 is 0 Å². The summed E-state index contributed by atoms with van der Waals surface area (Å²) in [6.07, 6.45) is 2.14. The van der Waals surface area contributed by atoms with Crippen LogP contribution < -0.4 is 4.57 Å². The monoisotopic (exact) mass is 393 g/mol. The van der Waals surface area contributed by atoms with Crippen LogP contribution in [0.15, 0.2) is 77.3 Å². The Morgan fingerprint density at radius 1 is 0.900 bits per heavy atom. The average molecular weight is 394 g/mol. The van der Waals surface area contributed by atoms with E-state index in [0.29, 0.717) is 11.6 Å². The molecule has 0 saturated heterocycles. The van der Waals surface area contributed by atoms with E-state index in [0.717, 1.165) is 38.9 Å². The summed E-state index contributed by atoms with van der Waals surface area (Å²) in [4.78, 5) is 4.84. The average Bonchev–Trinajstić information content (AvgIpc) is 3.12. The number of rotatable bonds is 3. The smallest absolute Gasteiger partial charge is 0.227 e. The maximum Gasteiger partial charge on any atom is 0.227 e. The Balaban J connectivity index is 1.77. The number of fused-ring (bicyclic) bond motifs is 3. The van der Waals surface area contributed by atoms with Crippen LogP contribution in [0.4, 0.5) is 0 Å². The highest BCUT2D eigenvalue weighted by Gasteiger charge is 2.22. The van der Waals surface area contributed by atoms with Crippen molar-refractivity contribution < 1.29 is 8.98 Å². The molecule has 0 N–H and O–H groups in total. The summed E-state index contributed by atoms with van der Waals surface area (Å²) in [5.74, 6) is 0.468. The summed E-state index contributed by atoms with van der Waals surface area (Å²) < 4.78 is 8.58. The van der Waals surface area contributed by atoms with E-state index in [1.165, 1.54) is 11.1 Å². The molecule has 5 aromatic rings. The number of pyridine rings is 2. The molecule has 0 saturated carbocycles. The second-order valence-electron chi connectivity index (χ2n) is 8.26. The highest BCUT2D eigenvalue weighted by molar-refractivity contribution is 6.09. The highest BCUT2D eigenvalue weighted by Crippen LogP contribution is 2.37. The molecule has 0 atom stereocenters. The van der Waals surface area contributed by atoms with Gasteiger partial charge in [-0.25, -0.2) is 9.55 Å². The predicted molar refractivity (Wildman–Crippen MR) is 122 cm³/mol. The highest BCUT2D eigenvalue weighted by atomic mass is 16.3. The van der Waals surface area contributed by atoms with Gasteiger partial charge in [0.15, 0.2) is 11.8 Å². The van der Waals surface area contributed by atoms with E-state index in [1.54, 1.807) is 0 Å². The van der Waals surface area contributed by atoms with E-state index in [1.807, 2.05) is 18.2 Å². The first-order valence-electron chi connectivity index (χ1n) is 10.4. The van der Waals surface area contributed by atoms with Crippen molar-refractivity contribution in [1.82, 2.24) is 4.98 Å². The molecule has 0 spiro atoms. The van der Waals surface area contributed by atoms with Crippen LogP contribution in [0.1, 0.15) is 30.9 Å². The Kier molecular flexibility index (Phi) is 4.39. The fraction of sp³-hybridized carbons (Fsp3) is 0.185. The molecule has 0 aliphatic heterocycles. The third-order valence-corrected chi connectivity index (χ3v) is 5.88. The molecule has 0 fully saturated rings. The van der Waals surface area contributed by atoms with Crippen molar-refractivity contribution in [2.45, 2.75) is 26.7 Å². The minimum absolute atomic E-state index is 0.468. The summed E-state index contributed by atoms with van der Waals surface area (Å²) in [6.45, 7) is 6.60. The molecule has 0 aliphatic carbocycles. The molecule has 5 rings (SSSR count). The first kappa shape index (κ1) is 18.6. The van der Waals surface area contributed by atoms with Gasteiger partial charge in [0.2, 0.25) is 11.4 Å². The Hall–Kier alpha value is -3.46. The van der Waals surface area contributed by atoms with E-state index in [2.05, 4.69) is 87.1 Å². The Morgan fingerprint density at radius 3 is 2.43 bits per heavy atom. The molecule has 3 heterocycles. The van der Waals surface area contributed by atoms with Gasteiger partial charge in [-0.1, -0.05) is 56.3 Å². The second kappa shape index (κ2) is 7.10. The van der Waals surface area contributed by atoms with Crippen molar-refractivity contribution in [3.63, 3.8) is 0 Å². The van der Waals surface area contributed by atoms with Crippen molar-refractivity contribution >= 4 is 22.1 Å². The van der Waals surface area contributed by atoms with Crippen LogP contribution in [-0.4, -0.2) is 4.98 Å². The standard InChI is InChI=1S/C27H25N2O/c1-17(2)20-14-15-29(4)24(16-20)25-18(3)10-11-21-22-12-13-23(19-8-6-5-7-9-19)28-27(22)30-26(21)25/h5-17H,1-4H3/q+1. The van der Waals surface area contributed by atoms with Gasteiger partial charge in [-0.05, 0) is 36.1 Å². The van der Waals surface area contributed by atoms with E-state index in [9.17, 15) is 0 Å². The van der Waals surface area contributed by atoms with Gasteiger partial charge in [-0.15, -0.1) is 0 Å². The van der Waals surface area contributed by atoms with Crippen LogP contribution in [0.25, 0.3) is 44.6 Å². The van der Waals surface area contributed by atoms with E-state index in [4.69, 9.17) is 9.40 Å². The number of aromatic nitrogens is 2. The maximum atomic E-state index is 6.41. The molecule has 0 unspecified atom stereocenters. The minimum atomic E-state index is 0.468. The zero-order valence-electron chi connectivity index (χ0n) is 17.8. The molecule has 2 aromatic carbocycles. The molecule has 3 aromatic heterocycles. The normalized spacial score (nSPS) is 11.6. The van der Waals surface area contributed by atoms with Gasteiger partial charge in [-0.3, -0.25) is 0 Å². The van der Waals surface area contributed by atoms with Gasteiger partial charge < -0.3 is 4.42 Å². The van der Waals surface area contributed by atoms with E-state index < -0.39 is 0 Å². The fourth-order valence-corrected chi connectivity index (χ4v) is 4.10. The molecule has 0 radical (unpaired) electrons. The van der Waals surface area contributed by atoms with Crippen LogP contribution in [0.2, 0.25) is 0 Å². The summed E-state index contributed by atoms with van der Waals surface area (Å²) in [6, 6.07) is 23.2. The minimum Gasteiger partial charge on any atom is -0.437 e. The molecular formula is C27H25N2O+. The number of hydrogen-bond acceptors (Lipinski definition) is 2. The lowest BCUT2D eigenvalue weighted by molar-refractivity contribution is -0.660. The number of nitrogens with zero attached hydrogens (tertiary/aromatic N) is 2. The van der Waals surface area contributed by atoms with Crippen molar-refractivity contribution in [2.24, 2.45) is 7.05 Å². The van der Waals surface area contributed by atoms with Crippen LogP contribution in [0.3, 0.4) is 0 Å². The maximum absolute atomic E-state index is 6.41. The molecule has 3 heteroatoms. The largest absolute Gasteiger partial charge is 0.437 e. The van der Waals surface area contributed by atoms with Crippen molar-refractivity contribution in [3.05, 3.63) is 84.1 Å². The van der Waals surface area contributed by atoms with Gasteiger partial charge >= 0.3 is 0 Å². The number of benzene rings is 2. The lowest BCUT2D eigenvalue weighted by atomic mass is 9.97. The fourth-order valence-electron chi connectivity index (χ4n) is 4.10. The Morgan fingerprint density at radius 2 is 1.67 bits per heavy atom. The van der Waals surface area contributed by atoms with Gasteiger partial charge in [0.25, 0.3) is 0 Å². The SMILES string of the molecule is Cc1ccc2c(oc3nc(-c4ccccc4)ccc32)c1-c1cc(C(C)C)cc[n+]1C. The quantitative estimate of drug-likeness (QED) is 0.324. The van der Waals surface area contributed by atoms with Crippen LogP contribution in [0, 0.1) is 6.92 Å². The van der Waals surface area contributed by atoms with E-state index >= 15 is 0 Å². The summed E-state index contributed by atoms with van der Waals surface area (Å²) in [7, 11) is 2.09. The molecule has 0 bridgehead atoms. The Labute approximate surface area is 176 Å². The first-order chi connectivity index (χ1) is 14.5.